The van der Waals surface area contributed by atoms with Crippen LogP contribution >= 0.6 is 0 Å². The SMILES string of the molecule is CC(C)(C)c1cc(C(C)(C)C)cc(C2(c3cc(Oc4ccc5c6ccccc6n(-c6cc(C(C)(C)C)ccn6)c5c4)cc(N4CN(c5c(-c6ccccc6)cccc5-c5ccccc5)c5ccccc54)c3)c3ccccc3-c3ccccc32)c1. The topological polar surface area (TPSA) is 33.5 Å². The lowest BCUT2D eigenvalue weighted by Crippen LogP contribution is -2.31. The zero-order valence-electron chi connectivity index (χ0n) is 49.6. The quantitative estimate of drug-likeness (QED) is 0.144. The van der Waals surface area contributed by atoms with Crippen LogP contribution < -0.4 is 14.5 Å². The number of para-hydroxylation sites is 4. The van der Waals surface area contributed by atoms with Crippen LogP contribution in [0.4, 0.5) is 22.7 Å². The maximum atomic E-state index is 7.54. The molecule has 1 aliphatic heterocycles. The Hall–Kier alpha value is -9.45. The summed E-state index contributed by atoms with van der Waals surface area (Å²) in [5.74, 6) is 2.36. The Kier molecular flexibility index (Phi) is 12.5. The van der Waals surface area contributed by atoms with Crippen molar-refractivity contribution in [1.82, 2.24) is 9.55 Å². The van der Waals surface area contributed by atoms with Gasteiger partial charge in [0.25, 0.3) is 0 Å². The first-order valence-electron chi connectivity index (χ1n) is 29.6. The van der Waals surface area contributed by atoms with E-state index < -0.39 is 5.41 Å². The fourth-order valence-electron chi connectivity index (χ4n) is 13.3. The molecule has 0 radical (unpaired) electrons. The molecule has 3 heterocycles. The van der Waals surface area contributed by atoms with Crippen molar-refractivity contribution < 1.29 is 4.74 Å². The van der Waals surface area contributed by atoms with Crippen LogP contribution in [-0.4, -0.2) is 16.2 Å². The van der Waals surface area contributed by atoms with E-state index in [1.165, 1.54) is 72.1 Å². The molecule has 0 saturated carbocycles. The zero-order valence-corrected chi connectivity index (χ0v) is 49.6. The summed E-state index contributed by atoms with van der Waals surface area (Å²) in [5.41, 5.74) is 21.3. The lowest BCUT2D eigenvalue weighted by atomic mass is 9.65. The Morgan fingerprint density at radius 1 is 0.393 bits per heavy atom. The number of aromatic nitrogens is 2. The molecular weight excluding hydrogens is 1020 g/mol. The van der Waals surface area contributed by atoms with Crippen LogP contribution in [0.1, 0.15) is 101 Å². The molecule has 0 saturated heterocycles. The summed E-state index contributed by atoms with van der Waals surface area (Å²) < 4.78 is 9.85. The molecule has 2 aliphatic rings. The third-order valence-electron chi connectivity index (χ3n) is 17.6. The van der Waals surface area contributed by atoms with Gasteiger partial charge >= 0.3 is 0 Å². The molecule has 5 nitrogen and oxygen atoms in total. The molecule has 84 heavy (non-hydrogen) atoms. The second-order valence-corrected chi connectivity index (χ2v) is 26.1. The Morgan fingerprint density at radius 3 is 1.54 bits per heavy atom. The summed E-state index contributed by atoms with van der Waals surface area (Å²) in [5, 5.41) is 2.31. The highest BCUT2D eigenvalue weighted by Crippen LogP contribution is 2.59. The predicted octanol–water partition coefficient (Wildman–Crippen LogP) is 20.8. The molecule has 0 bridgehead atoms. The summed E-state index contributed by atoms with van der Waals surface area (Å²) in [6.07, 6.45) is 1.95. The predicted molar refractivity (Wildman–Crippen MR) is 351 cm³/mol. The summed E-state index contributed by atoms with van der Waals surface area (Å²) in [6, 6.07) is 89.7. The number of ether oxygens (including phenoxy) is 1. The zero-order chi connectivity index (χ0) is 57.7. The van der Waals surface area contributed by atoms with Crippen molar-refractivity contribution in [2.24, 2.45) is 0 Å². The van der Waals surface area contributed by atoms with Crippen LogP contribution in [0.5, 0.6) is 11.5 Å². The molecule has 0 spiro atoms. The van der Waals surface area contributed by atoms with E-state index >= 15 is 0 Å². The van der Waals surface area contributed by atoms with Gasteiger partial charge in [0.1, 0.15) is 24.0 Å². The molecule has 0 amide bonds. The van der Waals surface area contributed by atoms with E-state index in [0.29, 0.717) is 6.67 Å². The minimum Gasteiger partial charge on any atom is -0.457 e. The third kappa shape index (κ3) is 8.79. The Balaban J connectivity index is 1.03. The average molecular weight is 1090 g/mol. The van der Waals surface area contributed by atoms with Crippen LogP contribution in [0, 0.1) is 0 Å². The number of benzene rings is 10. The van der Waals surface area contributed by atoms with Gasteiger partial charge in [0.15, 0.2) is 0 Å². The van der Waals surface area contributed by atoms with E-state index in [2.05, 4.69) is 319 Å². The highest BCUT2D eigenvalue weighted by atomic mass is 16.5. The van der Waals surface area contributed by atoms with Gasteiger partial charge in [0, 0.05) is 45.9 Å². The average Bonchev–Trinajstić information content (AvgIpc) is 1.69. The van der Waals surface area contributed by atoms with E-state index in [1.54, 1.807) is 0 Å². The van der Waals surface area contributed by atoms with E-state index in [1.807, 2.05) is 6.20 Å². The molecule has 5 heteroatoms. The van der Waals surface area contributed by atoms with Gasteiger partial charge in [-0.2, -0.15) is 0 Å². The fourth-order valence-corrected chi connectivity index (χ4v) is 13.3. The lowest BCUT2D eigenvalue weighted by molar-refractivity contribution is 0.481. The van der Waals surface area contributed by atoms with Crippen LogP contribution in [0.25, 0.3) is 61.0 Å². The van der Waals surface area contributed by atoms with Gasteiger partial charge in [0.05, 0.1) is 33.5 Å². The van der Waals surface area contributed by atoms with Crippen molar-refractivity contribution in [3.05, 3.63) is 288 Å². The summed E-state index contributed by atoms with van der Waals surface area (Å²) >= 11 is 0. The number of rotatable bonds is 9. The number of pyridine rings is 1. The van der Waals surface area contributed by atoms with Gasteiger partial charge in [-0.25, -0.2) is 4.98 Å². The molecule has 0 unspecified atom stereocenters. The first kappa shape index (κ1) is 52.6. The molecule has 0 N–H and O–H groups in total. The largest absolute Gasteiger partial charge is 0.457 e. The molecule has 14 rings (SSSR count). The van der Waals surface area contributed by atoms with Crippen molar-refractivity contribution in [2.75, 3.05) is 16.5 Å². The first-order chi connectivity index (χ1) is 40.5. The molecule has 0 atom stereocenters. The van der Waals surface area contributed by atoms with Gasteiger partial charge < -0.3 is 14.5 Å². The normalized spacial score (nSPS) is 13.8. The third-order valence-corrected chi connectivity index (χ3v) is 17.6. The summed E-state index contributed by atoms with van der Waals surface area (Å²) in [6.45, 7) is 21.4. The Bertz CT molecular complexity index is 4380. The molecule has 0 fully saturated rings. The van der Waals surface area contributed by atoms with Crippen LogP contribution in [0.2, 0.25) is 0 Å². The van der Waals surface area contributed by atoms with Crippen LogP contribution in [0.3, 0.4) is 0 Å². The molecule has 412 valence electrons. The number of hydrogen-bond acceptors (Lipinski definition) is 4. The number of anilines is 4. The van der Waals surface area contributed by atoms with Crippen LogP contribution in [-0.2, 0) is 21.7 Å². The molecule has 10 aromatic carbocycles. The van der Waals surface area contributed by atoms with Crippen molar-refractivity contribution in [3.63, 3.8) is 0 Å². The van der Waals surface area contributed by atoms with E-state index in [-0.39, 0.29) is 16.2 Å². The second-order valence-electron chi connectivity index (χ2n) is 26.1. The number of fused-ring (bicyclic) bond motifs is 7. The van der Waals surface area contributed by atoms with Gasteiger partial charge in [-0.15, -0.1) is 0 Å². The minimum absolute atomic E-state index is 0.0596. The molecule has 12 aromatic rings. The molecule has 2 aromatic heterocycles. The van der Waals surface area contributed by atoms with E-state index in [4.69, 9.17) is 9.72 Å². The summed E-state index contributed by atoms with van der Waals surface area (Å²) in [4.78, 5) is 10.1. The van der Waals surface area contributed by atoms with Crippen molar-refractivity contribution in [1.29, 1.82) is 0 Å². The maximum Gasteiger partial charge on any atom is 0.137 e. The minimum atomic E-state index is -0.762. The first-order valence-corrected chi connectivity index (χ1v) is 29.6. The summed E-state index contributed by atoms with van der Waals surface area (Å²) in [7, 11) is 0. The van der Waals surface area contributed by atoms with Crippen molar-refractivity contribution in [3.8, 4) is 50.7 Å². The Labute approximate surface area is 495 Å². The highest BCUT2D eigenvalue weighted by Gasteiger charge is 2.48. The standard InChI is InChI=1S/C79H70N4O/c1-76(2,3)54-41-42-80-74(48-54)83-70-36-21-18-31-66(70)67-40-39-60(50-73(67)83)84-61-47-58(79(57-44-55(77(4,5)6)43-56(45-57)78(7,8)9)68-34-19-16-29-64(68)65-30-17-20-35-69(65)79)46-59(49-61)81-51-82(72-38-23-22-37-71(72)81)75-62(52-25-12-10-13-26-52)32-24-33-63(75)53-27-14-11-15-28-53/h10-50H,51H2,1-9H3. The fraction of sp³-hybridized carbons (Fsp3) is 0.177. The van der Waals surface area contributed by atoms with E-state index in [0.717, 1.165) is 62.0 Å². The van der Waals surface area contributed by atoms with Crippen LogP contribution in [0.15, 0.2) is 249 Å². The maximum absolute atomic E-state index is 7.54. The number of nitrogens with zero attached hydrogens (tertiary/aromatic N) is 4. The lowest BCUT2D eigenvalue weighted by Gasteiger charge is -2.37. The Morgan fingerprint density at radius 2 is 0.917 bits per heavy atom. The number of hydrogen-bond donors (Lipinski definition) is 0. The smallest absolute Gasteiger partial charge is 0.137 e. The van der Waals surface area contributed by atoms with Crippen molar-refractivity contribution in [2.45, 2.75) is 84.0 Å². The highest BCUT2D eigenvalue weighted by molar-refractivity contribution is 6.09. The van der Waals surface area contributed by atoms with Gasteiger partial charge in [-0.05, 0) is 132 Å². The van der Waals surface area contributed by atoms with Gasteiger partial charge in [-0.1, -0.05) is 238 Å². The van der Waals surface area contributed by atoms with E-state index in [9.17, 15) is 0 Å². The molecular formula is C79H70N4O. The van der Waals surface area contributed by atoms with Gasteiger partial charge in [0.2, 0.25) is 0 Å². The second kappa shape index (κ2) is 19.9. The van der Waals surface area contributed by atoms with Crippen molar-refractivity contribution >= 4 is 44.6 Å². The van der Waals surface area contributed by atoms with Gasteiger partial charge in [-0.3, -0.25) is 4.57 Å². The monoisotopic (exact) mass is 1090 g/mol. The molecule has 1 aliphatic carbocycles.